The summed E-state index contributed by atoms with van der Waals surface area (Å²) in [5, 5.41) is 36.9. The Labute approximate surface area is 253 Å². The van der Waals surface area contributed by atoms with Gasteiger partial charge >= 0.3 is 0 Å². The summed E-state index contributed by atoms with van der Waals surface area (Å²) in [7, 11) is 0. The maximum atomic E-state index is 13.3. The Morgan fingerprint density at radius 3 is 2.25 bits per heavy atom. The number of pyridine rings is 1. The molecule has 0 saturated carbocycles. The number of nitrogens with one attached hydrogen (secondary N) is 2. The largest absolute Gasteiger partial charge is 0.394 e. The fourth-order valence-corrected chi connectivity index (χ4v) is 5.36. The number of aromatic nitrogens is 5. The maximum absolute atomic E-state index is 13.3. The molecule has 0 bridgehead atoms. The molecule has 4 atom stereocenters. The third-order valence-electron chi connectivity index (χ3n) is 7.69. The van der Waals surface area contributed by atoms with Crippen LogP contribution in [0.25, 0.3) is 11.2 Å². The van der Waals surface area contributed by atoms with Gasteiger partial charge in [0.1, 0.15) is 18.3 Å². The third-order valence-corrected chi connectivity index (χ3v) is 7.69. The average Bonchev–Trinajstić information content (AvgIpc) is 3.62. The predicted octanol–water partition coefficient (Wildman–Crippen LogP) is 2.05. The van der Waals surface area contributed by atoms with Crippen LogP contribution in [0.4, 0.5) is 5.82 Å². The number of aliphatic hydroxyl groups excluding tert-OH is 3. The van der Waals surface area contributed by atoms with Crippen LogP contribution in [-0.2, 0) is 11.2 Å². The topological polar surface area (TPSA) is 168 Å². The van der Waals surface area contributed by atoms with E-state index in [0.29, 0.717) is 30.8 Å². The Morgan fingerprint density at radius 2 is 1.61 bits per heavy atom. The van der Waals surface area contributed by atoms with E-state index in [2.05, 4.69) is 54.8 Å². The lowest BCUT2D eigenvalue weighted by atomic mass is 9.91. The smallest absolute Gasteiger partial charge is 0.289 e. The molecule has 4 heterocycles. The van der Waals surface area contributed by atoms with Gasteiger partial charge in [-0.15, -0.1) is 0 Å². The van der Waals surface area contributed by atoms with Crippen molar-refractivity contribution in [1.82, 2.24) is 29.8 Å². The molecular weight excluding hydrogens is 562 g/mol. The van der Waals surface area contributed by atoms with E-state index in [1.807, 2.05) is 54.6 Å². The van der Waals surface area contributed by atoms with Gasteiger partial charge in [-0.2, -0.15) is 0 Å². The van der Waals surface area contributed by atoms with Crippen LogP contribution < -0.4 is 10.6 Å². The highest BCUT2D eigenvalue weighted by Gasteiger charge is 2.44. The van der Waals surface area contributed by atoms with Crippen LogP contribution in [0.2, 0.25) is 0 Å². The molecule has 1 amide bonds. The lowest BCUT2D eigenvalue weighted by molar-refractivity contribution is -0.0511. The summed E-state index contributed by atoms with van der Waals surface area (Å²) in [6, 6.07) is 25.7. The van der Waals surface area contributed by atoms with E-state index in [0.717, 1.165) is 16.8 Å². The van der Waals surface area contributed by atoms with Crippen molar-refractivity contribution in [3.05, 3.63) is 114 Å². The quantitative estimate of drug-likeness (QED) is 0.152. The van der Waals surface area contributed by atoms with Crippen molar-refractivity contribution < 1.29 is 24.9 Å². The first-order valence-corrected chi connectivity index (χ1v) is 14.4. The number of carbonyl (C=O) groups is 1. The van der Waals surface area contributed by atoms with Crippen LogP contribution in [0, 0.1) is 0 Å². The van der Waals surface area contributed by atoms with Gasteiger partial charge in [0.25, 0.3) is 5.91 Å². The molecule has 1 fully saturated rings. The fourth-order valence-electron chi connectivity index (χ4n) is 5.36. The van der Waals surface area contributed by atoms with E-state index >= 15 is 0 Å². The molecule has 0 radical (unpaired) electrons. The van der Waals surface area contributed by atoms with Gasteiger partial charge in [0.2, 0.25) is 5.82 Å². The van der Waals surface area contributed by atoms with Gasteiger partial charge in [-0.05, 0) is 23.3 Å². The number of hydrogen-bond acceptors (Lipinski definition) is 10. The van der Waals surface area contributed by atoms with Crippen molar-refractivity contribution in [1.29, 1.82) is 0 Å². The number of aliphatic hydroxyl groups is 3. The van der Waals surface area contributed by atoms with E-state index in [9.17, 15) is 20.1 Å². The number of imidazole rings is 1. The molecule has 226 valence electrons. The van der Waals surface area contributed by atoms with Crippen molar-refractivity contribution in [2.24, 2.45) is 0 Å². The van der Waals surface area contributed by atoms with Crippen LogP contribution in [0.5, 0.6) is 0 Å². The van der Waals surface area contributed by atoms with Crippen molar-refractivity contribution in [3.63, 3.8) is 0 Å². The van der Waals surface area contributed by atoms with E-state index in [-0.39, 0.29) is 17.4 Å². The van der Waals surface area contributed by atoms with Crippen LogP contribution in [0.3, 0.4) is 0 Å². The minimum Gasteiger partial charge on any atom is -0.394 e. The van der Waals surface area contributed by atoms with Gasteiger partial charge in [0.15, 0.2) is 23.2 Å². The van der Waals surface area contributed by atoms with Gasteiger partial charge in [0, 0.05) is 37.3 Å². The Kier molecular flexibility index (Phi) is 8.84. The number of anilines is 1. The van der Waals surface area contributed by atoms with Crippen LogP contribution in [0.15, 0.2) is 91.4 Å². The second-order valence-corrected chi connectivity index (χ2v) is 10.5. The number of benzene rings is 2. The molecule has 1 saturated heterocycles. The van der Waals surface area contributed by atoms with Crippen molar-refractivity contribution >= 4 is 22.9 Å². The molecule has 5 N–H and O–H groups in total. The Balaban J connectivity index is 1.33. The highest BCUT2D eigenvalue weighted by Crippen LogP contribution is 2.33. The van der Waals surface area contributed by atoms with Gasteiger partial charge in [0.05, 0.1) is 12.9 Å². The fraction of sp³-hybridized carbons (Fsp3) is 0.281. The van der Waals surface area contributed by atoms with Crippen molar-refractivity contribution in [2.75, 3.05) is 25.0 Å². The Bertz CT molecular complexity index is 1650. The van der Waals surface area contributed by atoms with Crippen LogP contribution >= 0.6 is 0 Å². The number of rotatable bonds is 11. The van der Waals surface area contributed by atoms with E-state index in [4.69, 9.17) is 4.74 Å². The first kappa shape index (κ1) is 29.3. The van der Waals surface area contributed by atoms with Crippen LogP contribution in [0.1, 0.15) is 39.6 Å². The summed E-state index contributed by atoms with van der Waals surface area (Å²) in [4.78, 5) is 31.2. The molecule has 12 heteroatoms. The molecule has 0 spiro atoms. The highest BCUT2D eigenvalue weighted by molar-refractivity contribution is 5.94. The molecule has 12 nitrogen and oxygen atoms in total. The van der Waals surface area contributed by atoms with E-state index in [1.165, 1.54) is 10.9 Å². The normalized spacial score (nSPS) is 19.8. The number of ether oxygens (including phenoxy) is 1. The number of fused-ring (bicyclic) bond motifs is 1. The van der Waals surface area contributed by atoms with Gasteiger partial charge in [-0.25, -0.2) is 15.0 Å². The molecule has 0 aliphatic carbocycles. The molecular formula is C32H33N7O5. The van der Waals surface area contributed by atoms with E-state index < -0.39 is 37.1 Å². The zero-order valence-corrected chi connectivity index (χ0v) is 23.8. The number of carbonyl (C=O) groups excluding carboxylic acids is 1. The summed E-state index contributed by atoms with van der Waals surface area (Å²) in [6.07, 6.45) is -1.10. The molecule has 1 aliphatic rings. The molecule has 1 aliphatic heterocycles. The summed E-state index contributed by atoms with van der Waals surface area (Å²) in [5.74, 6) is -0.319. The lowest BCUT2D eigenvalue weighted by Gasteiger charge is -2.20. The summed E-state index contributed by atoms with van der Waals surface area (Å²) < 4.78 is 7.19. The standard InChI is InChI=1S/C32H33N7O5/c40-18-24-26(41)27(42)32(44-24)39-19-36-25-28(35-17-23(20-9-3-1-4-10-20)21-11-5-2-6-12-21)37-29(38-30(25)39)31(43)34-16-14-22-13-7-8-15-33-22/h1-13,15,19,23-24,26-27,32,40-42H,14,16-18H2,(H,34,43)(H,35,37,38)/t24-,26-,27-,32-/m1/s1. The van der Waals surface area contributed by atoms with Gasteiger partial charge in [-0.1, -0.05) is 66.7 Å². The van der Waals surface area contributed by atoms with Gasteiger partial charge in [-0.3, -0.25) is 14.3 Å². The lowest BCUT2D eigenvalue weighted by Crippen LogP contribution is -2.33. The molecule has 6 rings (SSSR count). The zero-order chi connectivity index (χ0) is 30.5. The predicted molar refractivity (Wildman–Crippen MR) is 162 cm³/mol. The minimum atomic E-state index is -1.35. The molecule has 2 aromatic carbocycles. The zero-order valence-electron chi connectivity index (χ0n) is 23.8. The third kappa shape index (κ3) is 6.15. The van der Waals surface area contributed by atoms with E-state index in [1.54, 1.807) is 6.20 Å². The number of nitrogens with zero attached hydrogens (tertiary/aromatic N) is 5. The molecule has 0 unspecified atom stereocenters. The SMILES string of the molecule is O=C(NCCc1ccccn1)c1nc(NCC(c2ccccc2)c2ccccc2)c2ncn([C@@H]3O[C@H](CO)[C@@H](O)[C@H]3O)c2n1. The van der Waals surface area contributed by atoms with Gasteiger partial charge < -0.3 is 30.7 Å². The van der Waals surface area contributed by atoms with Crippen molar-refractivity contribution in [3.8, 4) is 0 Å². The minimum absolute atomic E-state index is 0.0411. The Hall–Kier alpha value is -4.75. The summed E-state index contributed by atoms with van der Waals surface area (Å²) >= 11 is 0. The molecule has 44 heavy (non-hydrogen) atoms. The second-order valence-electron chi connectivity index (χ2n) is 10.5. The maximum Gasteiger partial charge on any atom is 0.289 e. The number of amides is 1. The van der Waals surface area contributed by atoms with Crippen LogP contribution in [-0.4, -0.2) is 83.7 Å². The highest BCUT2D eigenvalue weighted by atomic mass is 16.6. The monoisotopic (exact) mass is 595 g/mol. The molecule has 3 aromatic heterocycles. The number of hydrogen-bond donors (Lipinski definition) is 5. The first-order valence-electron chi connectivity index (χ1n) is 14.4. The molecule has 5 aromatic rings. The second kappa shape index (κ2) is 13.3. The summed E-state index contributed by atoms with van der Waals surface area (Å²) in [6.45, 7) is 0.271. The average molecular weight is 596 g/mol. The Morgan fingerprint density at radius 1 is 0.909 bits per heavy atom. The van der Waals surface area contributed by atoms with Crippen molar-refractivity contribution in [2.45, 2.75) is 36.9 Å². The first-order chi connectivity index (χ1) is 21.5. The summed E-state index contributed by atoms with van der Waals surface area (Å²) in [5.41, 5.74) is 3.61.